The second kappa shape index (κ2) is 2.78. The van der Waals surface area contributed by atoms with Crippen LogP contribution in [0, 0.1) is 17.8 Å². The van der Waals surface area contributed by atoms with Gasteiger partial charge in [0.05, 0.1) is 0 Å². The van der Waals surface area contributed by atoms with Crippen molar-refractivity contribution in [1.82, 2.24) is 5.32 Å². The van der Waals surface area contributed by atoms with Crippen molar-refractivity contribution in [3.05, 3.63) is 0 Å². The van der Waals surface area contributed by atoms with Crippen molar-refractivity contribution in [2.24, 2.45) is 17.8 Å². The first-order chi connectivity index (χ1) is 5.34. The Bertz CT molecular complexity index is 138. The van der Waals surface area contributed by atoms with E-state index in [1.165, 1.54) is 25.7 Å². The Morgan fingerprint density at radius 2 is 1.73 bits per heavy atom. The van der Waals surface area contributed by atoms with E-state index >= 15 is 0 Å². The van der Waals surface area contributed by atoms with E-state index in [0.717, 1.165) is 23.8 Å². The van der Waals surface area contributed by atoms with Gasteiger partial charge in [0, 0.05) is 6.04 Å². The standard InChI is InChI=1S/C10H19N/c1-7-8-5-3-4-6-9(8)10(7)11-2/h7-11H,3-6H2,1-2H3. The zero-order valence-electron chi connectivity index (χ0n) is 7.64. The third-order valence-corrected chi connectivity index (χ3v) is 3.91. The fourth-order valence-corrected chi connectivity index (χ4v) is 3.27. The lowest BCUT2D eigenvalue weighted by Crippen LogP contribution is -2.57. The van der Waals surface area contributed by atoms with Crippen LogP contribution in [0.5, 0.6) is 0 Å². The van der Waals surface area contributed by atoms with Gasteiger partial charge < -0.3 is 5.32 Å². The minimum Gasteiger partial charge on any atom is -0.316 e. The minimum atomic E-state index is 0.847. The highest BCUT2D eigenvalue weighted by Gasteiger charge is 2.47. The van der Waals surface area contributed by atoms with Crippen LogP contribution in [0.1, 0.15) is 32.6 Å². The molecule has 0 aliphatic heterocycles. The predicted octanol–water partition coefficient (Wildman–Crippen LogP) is 2.03. The van der Waals surface area contributed by atoms with Gasteiger partial charge in [0.25, 0.3) is 0 Å². The molecule has 4 unspecified atom stereocenters. The highest BCUT2D eigenvalue weighted by atomic mass is 14.9. The van der Waals surface area contributed by atoms with E-state index in [1.54, 1.807) is 0 Å². The molecule has 0 amide bonds. The summed E-state index contributed by atoms with van der Waals surface area (Å²) in [4.78, 5) is 0. The Hall–Kier alpha value is -0.0400. The monoisotopic (exact) mass is 153 g/mol. The molecule has 0 aromatic carbocycles. The summed E-state index contributed by atoms with van der Waals surface area (Å²) in [6.07, 6.45) is 5.96. The number of nitrogens with one attached hydrogen (secondary N) is 1. The fourth-order valence-electron chi connectivity index (χ4n) is 3.27. The van der Waals surface area contributed by atoms with Crippen molar-refractivity contribution in [3.8, 4) is 0 Å². The Labute approximate surface area is 69.6 Å². The van der Waals surface area contributed by atoms with E-state index in [1.807, 2.05) is 0 Å². The Morgan fingerprint density at radius 3 is 2.36 bits per heavy atom. The van der Waals surface area contributed by atoms with Gasteiger partial charge in [-0.3, -0.25) is 0 Å². The van der Waals surface area contributed by atoms with Crippen LogP contribution in [-0.4, -0.2) is 13.1 Å². The lowest BCUT2D eigenvalue weighted by Gasteiger charge is -2.53. The first-order valence-electron chi connectivity index (χ1n) is 5.02. The van der Waals surface area contributed by atoms with Crippen LogP contribution in [0.2, 0.25) is 0 Å². The molecule has 0 spiro atoms. The maximum Gasteiger partial charge on any atom is 0.0123 e. The summed E-state index contributed by atoms with van der Waals surface area (Å²) in [7, 11) is 2.12. The number of rotatable bonds is 1. The summed E-state index contributed by atoms with van der Waals surface area (Å²) >= 11 is 0. The van der Waals surface area contributed by atoms with Gasteiger partial charge in [0.1, 0.15) is 0 Å². The molecule has 2 rings (SSSR count). The minimum absolute atomic E-state index is 0.847. The van der Waals surface area contributed by atoms with E-state index in [9.17, 15) is 0 Å². The van der Waals surface area contributed by atoms with E-state index in [-0.39, 0.29) is 0 Å². The third-order valence-electron chi connectivity index (χ3n) is 3.91. The molecule has 1 heteroatoms. The van der Waals surface area contributed by atoms with Gasteiger partial charge >= 0.3 is 0 Å². The second-order valence-corrected chi connectivity index (χ2v) is 4.29. The Kier molecular flexibility index (Phi) is 1.92. The van der Waals surface area contributed by atoms with E-state index in [0.29, 0.717) is 0 Å². The van der Waals surface area contributed by atoms with Crippen LogP contribution >= 0.6 is 0 Å². The molecular formula is C10H19N. The maximum atomic E-state index is 3.45. The molecule has 1 nitrogen and oxygen atoms in total. The van der Waals surface area contributed by atoms with E-state index < -0.39 is 0 Å². The van der Waals surface area contributed by atoms with Crippen LogP contribution in [-0.2, 0) is 0 Å². The average Bonchev–Trinajstić information content (AvgIpc) is 2.05. The zero-order valence-corrected chi connectivity index (χ0v) is 7.64. The molecule has 0 radical (unpaired) electrons. The van der Waals surface area contributed by atoms with Crippen molar-refractivity contribution >= 4 is 0 Å². The summed E-state index contributed by atoms with van der Waals surface area (Å²) in [5, 5.41) is 3.45. The first-order valence-corrected chi connectivity index (χ1v) is 5.02. The number of hydrogen-bond acceptors (Lipinski definition) is 1. The molecule has 64 valence electrons. The van der Waals surface area contributed by atoms with Crippen LogP contribution in [0.3, 0.4) is 0 Å². The molecule has 4 atom stereocenters. The predicted molar refractivity (Wildman–Crippen MR) is 47.5 cm³/mol. The van der Waals surface area contributed by atoms with Gasteiger partial charge in [-0.05, 0) is 37.6 Å². The summed E-state index contributed by atoms with van der Waals surface area (Å²) in [5.74, 6) is 3.05. The SMILES string of the molecule is CNC1C(C)C2CCCCC21. The molecule has 0 bridgehead atoms. The molecule has 11 heavy (non-hydrogen) atoms. The normalized spacial score (nSPS) is 49.6. The number of hydrogen-bond donors (Lipinski definition) is 1. The van der Waals surface area contributed by atoms with Crippen LogP contribution in [0.25, 0.3) is 0 Å². The molecule has 2 saturated carbocycles. The fraction of sp³-hybridized carbons (Fsp3) is 1.00. The van der Waals surface area contributed by atoms with Gasteiger partial charge in [0.2, 0.25) is 0 Å². The molecule has 0 aromatic heterocycles. The lowest BCUT2D eigenvalue weighted by molar-refractivity contribution is -0.00544. The summed E-state index contributed by atoms with van der Waals surface area (Å²) < 4.78 is 0. The smallest absolute Gasteiger partial charge is 0.0123 e. The molecule has 1 N–H and O–H groups in total. The summed E-state index contributed by atoms with van der Waals surface area (Å²) in [5.41, 5.74) is 0. The summed E-state index contributed by atoms with van der Waals surface area (Å²) in [6.45, 7) is 2.41. The maximum absolute atomic E-state index is 3.45. The van der Waals surface area contributed by atoms with E-state index in [4.69, 9.17) is 0 Å². The zero-order chi connectivity index (χ0) is 7.84. The number of fused-ring (bicyclic) bond motifs is 1. The van der Waals surface area contributed by atoms with Crippen LogP contribution in [0.15, 0.2) is 0 Å². The van der Waals surface area contributed by atoms with Crippen molar-refractivity contribution < 1.29 is 0 Å². The van der Waals surface area contributed by atoms with Crippen molar-refractivity contribution in [3.63, 3.8) is 0 Å². The lowest BCUT2D eigenvalue weighted by atomic mass is 9.56. The molecule has 2 aliphatic carbocycles. The largest absolute Gasteiger partial charge is 0.316 e. The topological polar surface area (TPSA) is 12.0 Å². The Balaban J connectivity index is 1.97. The van der Waals surface area contributed by atoms with Crippen LogP contribution in [0.4, 0.5) is 0 Å². The quantitative estimate of drug-likeness (QED) is 0.608. The van der Waals surface area contributed by atoms with Gasteiger partial charge in [-0.15, -0.1) is 0 Å². The van der Waals surface area contributed by atoms with Crippen molar-refractivity contribution in [2.45, 2.75) is 38.6 Å². The molecule has 2 fully saturated rings. The van der Waals surface area contributed by atoms with Gasteiger partial charge in [0.15, 0.2) is 0 Å². The first kappa shape index (κ1) is 7.60. The molecular weight excluding hydrogens is 134 g/mol. The van der Waals surface area contributed by atoms with Gasteiger partial charge in [-0.25, -0.2) is 0 Å². The van der Waals surface area contributed by atoms with E-state index in [2.05, 4.69) is 19.3 Å². The molecule has 0 heterocycles. The highest BCUT2D eigenvalue weighted by molar-refractivity contribution is 5.00. The van der Waals surface area contributed by atoms with Gasteiger partial charge in [-0.2, -0.15) is 0 Å². The van der Waals surface area contributed by atoms with Crippen molar-refractivity contribution in [1.29, 1.82) is 0 Å². The Morgan fingerprint density at radius 1 is 1.09 bits per heavy atom. The summed E-state index contributed by atoms with van der Waals surface area (Å²) in [6, 6.07) is 0.847. The second-order valence-electron chi connectivity index (χ2n) is 4.29. The van der Waals surface area contributed by atoms with Crippen LogP contribution < -0.4 is 5.32 Å². The average molecular weight is 153 g/mol. The molecule has 0 aromatic rings. The molecule has 0 saturated heterocycles. The molecule has 2 aliphatic rings. The highest BCUT2D eigenvalue weighted by Crippen LogP contribution is 2.48. The third kappa shape index (κ3) is 1.01. The van der Waals surface area contributed by atoms with Crippen molar-refractivity contribution in [2.75, 3.05) is 7.05 Å². The van der Waals surface area contributed by atoms with Gasteiger partial charge in [-0.1, -0.05) is 19.8 Å².